The SMILES string of the molecule is O=[N+]([O-])c1cc(F)c(NC2(CO)CCCCC2)c(F)c1. The number of nitrogens with zero attached hydrogens (tertiary/aromatic N) is 1. The monoisotopic (exact) mass is 286 g/mol. The van der Waals surface area contributed by atoms with Gasteiger partial charge in [-0.2, -0.15) is 0 Å². The van der Waals surface area contributed by atoms with E-state index in [1.807, 2.05) is 0 Å². The van der Waals surface area contributed by atoms with Gasteiger partial charge >= 0.3 is 0 Å². The molecule has 0 unspecified atom stereocenters. The maximum absolute atomic E-state index is 13.8. The first-order valence-corrected chi connectivity index (χ1v) is 6.50. The van der Waals surface area contributed by atoms with E-state index in [9.17, 15) is 24.0 Å². The normalized spacial score (nSPS) is 17.8. The number of non-ortho nitro benzene ring substituents is 1. The van der Waals surface area contributed by atoms with E-state index in [0.717, 1.165) is 19.3 Å². The Hall–Kier alpha value is -1.76. The van der Waals surface area contributed by atoms with Crippen LogP contribution in [0.2, 0.25) is 0 Å². The van der Waals surface area contributed by atoms with Crippen molar-refractivity contribution in [3.63, 3.8) is 0 Å². The second-order valence-corrected chi connectivity index (χ2v) is 5.17. The first-order chi connectivity index (χ1) is 9.47. The van der Waals surface area contributed by atoms with E-state index in [0.29, 0.717) is 25.0 Å². The molecule has 0 amide bonds. The molecule has 0 atom stereocenters. The maximum atomic E-state index is 13.8. The standard InChI is InChI=1S/C13H16F2N2O3/c14-10-6-9(17(19)20)7-11(15)12(10)16-13(8-18)4-2-1-3-5-13/h6-7,16,18H,1-5,8H2. The molecule has 20 heavy (non-hydrogen) atoms. The molecule has 110 valence electrons. The molecule has 1 saturated carbocycles. The van der Waals surface area contributed by atoms with Crippen molar-refractivity contribution < 1.29 is 18.8 Å². The molecule has 0 radical (unpaired) electrons. The lowest BCUT2D eigenvalue weighted by molar-refractivity contribution is -0.385. The van der Waals surface area contributed by atoms with Gasteiger partial charge in [0.25, 0.3) is 5.69 Å². The predicted octanol–water partition coefficient (Wildman–Crippen LogP) is 2.98. The molecule has 1 aromatic rings. The van der Waals surface area contributed by atoms with Gasteiger partial charge in [-0.05, 0) is 12.8 Å². The fourth-order valence-electron chi connectivity index (χ4n) is 2.60. The molecule has 2 N–H and O–H groups in total. The number of halogens is 2. The second-order valence-electron chi connectivity index (χ2n) is 5.17. The van der Waals surface area contributed by atoms with E-state index < -0.39 is 33.5 Å². The van der Waals surface area contributed by atoms with Crippen LogP contribution in [0, 0.1) is 21.7 Å². The molecular formula is C13H16F2N2O3. The fourth-order valence-corrected chi connectivity index (χ4v) is 2.60. The van der Waals surface area contributed by atoms with E-state index >= 15 is 0 Å². The highest BCUT2D eigenvalue weighted by molar-refractivity contribution is 5.53. The molecule has 0 spiro atoms. The molecule has 1 fully saturated rings. The zero-order chi connectivity index (χ0) is 14.8. The molecule has 7 heteroatoms. The molecule has 0 bridgehead atoms. The van der Waals surface area contributed by atoms with Crippen molar-refractivity contribution in [1.29, 1.82) is 0 Å². The summed E-state index contributed by atoms with van der Waals surface area (Å²) in [5.74, 6) is -2.04. The topological polar surface area (TPSA) is 75.4 Å². The lowest BCUT2D eigenvalue weighted by Gasteiger charge is -2.37. The van der Waals surface area contributed by atoms with E-state index in [2.05, 4.69) is 5.32 Å². The zero-order valence-electron chi connectivity index (χ0n) is 10.9. The number of nitrogens with one attached hydrogen (secondary N) is 1. The van der Waals surface area contributed by atoms with Gasteiger partial charge in [-0.3, -0.25) is 10.1 Å². The van der Waals surface area contributed by atoms with Crippen LogP contribution in [0.1, 0.15) is 32.1 Å². The number of anilines is 1. The molecule has 0 saturated heterocycles. The Morgan fingerprint density at radius 1 is 1.25 bits per heavy atom. The first-order valence-electron chi connectivity index (χ1n) is 6.50. The zero-order valence-corrected chi connectivity index (χ0v) is 10.9. The Bertz CT molecular complexity index is 493. The van der Waals surface area contributed by atoms with Crippen LogP contribution >= 0.6 is 0 Å². The third-order valence-electron chi connectivity index (χ3n) is 3.74. The Kier molecular flexibility index (Phi) is 4.17. The minimum absolute atomic E-state index is 0.233. The van der Waals surface area contributed by atoms with Gasteiger partial charge in [0.05, 0.1) is 29.2 Å². The molecule has 0 aliphatic heterocycles. The minimum Gasteiger partial charge on any atom is -0.394 e. The summed E-state index contributed by atoms with van der Waals surface area (Å²) in [4.78, 5) is 9.69. The molecule has 1 aromatic carbocycles. The van der Waals surface area contributed by atoms with Gasteiger partial charge in [-0.25, -0.2) is 8.78 Å². The maximum Gasteiger partial charge on any atom is 0.275 e. The summed E-state index contributed by atoms with van der Waals surface area (Å²) >= 11 is 0. The molecule has 5 nitrogen and oxygen atoms in total. The fraction of sp³-hybridized carbons (Fsp3) is 0.538. The van der Waals surface area contributed by atoms with Crippen molar-refractivity contribution in [1.82, 2.24) is 0 Å². The van der Waals surface area contributed by atoms with Gasteiger partial charge < -0.3 is 10.4 Å². The summed E-state index contributed by atoms with van der Waals surface area (Å²) in [5, 5.41) is 22.8. The quantitative estimate of drug-likeness (QED) is 0.659. The predicted molar refractivity (Wildman–Crippen MR) is 69.5 cm³/mol. The smallest absolute Gasteiger partial charge is 0.275 e. The minimum atomic E-state index is -1.02. The summed E-state index contributed by atoms with van der Waals surface area (Å²) in [6.45, 7) is -0.233. The van der Waals surface area contributed by atoms with Gasteiger partial charge in [-0.15, -0.1) is 0 Å². The van der Waals surface area contributed by atoms with Gasteiger partial charge in [0, 0.05) is 0 Å². The summed E-state index contributed by atoms with van der Waals surface area (Å²) in [6.07, 6.45) is 3.97. The van der Waals surface area contributed by atoms with Crippen LogP contribution < -0.4 is 5.32 Å². The Morgan fingerprint density at radius 3 is 2.25 bits per heavy atom. The third kappa shape index (κ3) is 2.87. The molecule has 1 aliphatic carbocycles. The van der Waals surface area contributed by atoms with Crippen molar-refractivity contribution in [2.75, 3.05) is 11.9 Å². The van der Waals surface area contributed by atoms with Crippen LogP contribution in [0.15, 0.2) is 12.1 Å². The Labute approximate surface area is 114 Å². The molecule has 0 aromatic heterocycles. The lowest BCUT2D eigenvalue weighted by atomic mass is 9.82. The Morgan fingerprint density at radius 2 is 1.80 bits per heavy atom. The van der Waals surface area contributed by atoms with Crippen molar-refractivity contribution in [2.24, 2.45) is 0 Å². The summed E-state index contributed by atoms with van der Waals surface area (Å²) in [5.41, 5.74) is -1.80. The highest BCUT2D eigenvalue weighted by atomic mass is 19.1. The van der Waals surface area contributed by atoms with Crippen LogP contribution in [0.5, 0.6) is 0 Å². The number of hydrogen-bond donors (Lipinski definition) is 2. The van der Waals surface area contributed by atoms with Crippen LogP contribution in [0.3, 0.4) is 0 Å². The third-order valence-corrected chi connectivity index (χ3v) is 3.74. The molecule has 2 rings (SSSR count). The highest BCUT2D eigenvalue weighted by Crippen LogP contribution is 2.34. The van der Waals surface area contributed by atoms with Gasteiger partial charge in [0.15, 0.2) is 11.6 Å². The average Bonchev–Trinajstić information content (AvgIpc) is 2.43. The Balaban J connectivity index is 2.30. The average molecular weight is 286 g/mol. The van der Waals surface area contributed by atoms with Gasteiger partial charge in [-0.1, -0.05) is 19.3 Å². The molecule has 0 heterocycles. The van der Waals surface area contributed by atoms with Gasteiger partial charge in [0.2, 0.25) is 0 Å². The summed E-state index contributed by atoms with van der Waals surface area (Å²) in [7, 11) is 0. The van der Waals surface area contributed by atoms with E-state index in [-0.39, 0.29) is 6.61 Å². The van der Waals surface area contributed by atoms with Crippen LogP contribution in [-0.4, -0.2) is 22.2 Å². The van der Waals surface area contributed by atoms with E-state index in [1.54, 1.807) is 0 Å². The largest absolute Gasteiger partial charge is 0.394 e. The number of benzene rings is 1. The van der Waals surface area contributed by atoms with E-state index in [1.165, 1.54) is 0 Å². The van der Waals surface area contributed by atoms with Crippen LogP contribution in [0.25, 0.3) is 0 Å². The van der Waals surface area contributed by atoms with Crippen LogP contribution in [-0.2, 0) is 0 Å². The molecular weight excluding hydrogens is 270 g/mol. The molecule has 1 aliphatic rings. The van der Waals surface area contributed by atoms with Gasteiger partial charge in [0.1, 0.15) is 5.69 Å². The van der Waals surface area contributed by atoms with Crippen molar-refractivity contribution in [2.45, 2.75) is 37.6 Å². The number of nitro groups is 1. The second kappa shape index (κ2) is 5.70. The van der Waals surface area contributed by atoms with Crippen molar-refractivity contribution in [3.8, 4) is 0 Å². The van der Waals surface area contributed by atoms with Crippen LogP contribution in [0.4, 0.5) is 20.2 Å². The lowest BCUT2D eigenvalue weighted by Crippen LogP contribution is -2.44. The highest BCUT2D eigenvalue weighted by Gasteiger charge is 2.33. The number of aliphatic hydroxyl groups is 1. The first kappa shape index (κ1) is 14.6. The number of rotatable bonds is 4. The number of hydrogen-bond acceptors (Lipinski definition) is 4. The van der Waals surface area contributed by atoms with Crippen molar-refractivity contribution in [3.05, 3.63) is 33.9 Å². The number of aliphatic hydroxyl groups excluding tert-OH is 1. The van der Waals surface area contributed by atoms with Crippen molar-refractivity contribution >= 4 is 11.4 Å². The number of nitro benzene ring substituents is 1. The summed E-state index contributed by atoms with van der Waals surface area (Å²) < 4.78 is 27.7. The van der Waals surface area contributed by atoms with E-state index in [4.69, 9.17) is 0 Å². The summed E-state index contributed by atoms with van der Waals surface area (Å²) in [6, 6.07) is 1.36.